The van der Waals surface area contributed by atoms with E-state index in [1.807, 2.05) is 12.5 Å². The largest absolute Gasteiger partial charge is 0.153 e. The standard InChI is InChI=1S/C10H22FN/c1-8(2)6-10(5,12-11)7-9(3)4/h8-9,12H,6-7H2,1-5H3. The number of hydrogen-bond donors (Lipinski definition) is 1. The van der Waals surface area contributed by atoms with Crippen LogP contribution in [0.3, 0.4) is 0 Å². The molecule has 0 unspecified atom stereocenters. The Morgan fingerprint density at radius 1 is 1.08 bits per heavy atom. The Balaban J connectivity index is 4.04. The van der Waals surface area contributed by atoms with Gasteiger partial charge in [0.05, 0.1) is 0 Å². The van der Waals surface area contributed by atoms with Gasteiger partial charge in [-0.25, -0.2) is 0 Å². The highest BCUT2D eigenvalue weighted by molar-refractivity contribution is 4.81. The lowest BCUT2D eigenvalue weighted by molar-refractivity contribution is 0.135. The average Bonchev–Trinajstić information content (AvgIpc) is 1.83. The quantitative estimate of drug-likeness (QED) is 0.632. The summed E-state index contributed by atoms with van der Waals surface area (Å²) in [6, 6.07) is 0. The van der Waals surface area contributed by atoms with E-state index in [0.717, 1.165) is 12.8 Å². The molecule has 0 aromatic heterocycles. The van der Waals surface area contributed by atoms with Crippen LogP contribution in [0.4, 0.5) is 4.48 Å². The molecule has 74 valence electrons. The van der Waals surface area contributed by atoms with Crippen molar-refractivity contribution in [3.8, 4) is 0 Å². The molecule has 0 saturated heterocycles. The third-order valence-corrected chi connectivity index (χ3v) is 1.95. The normalized spacial score (nSPS) is 13.0. The first-order valence-electron chi connectivity index (χ1n) is 4.77. The van der Waals surface area contributed by atoms with Crippen molar-refractivity contribution in [1.82, 2.24) is 5.54 Å². The first kappa shape index (κ1) is 11.9. The van der Waals surface area contributed by atoms with Crippen LogP contribution in [0, 0.1) is 11.8 Å². The first-order valence-corrected chi connectivity index (χ1v) is 4.77. The summed E-state index contributed by atoms with van der Waals surface area (Å²) < 4.78 is 12.5. The number of hydrogen-bond acceptors (Lipinski definition) is 1. The average molecular weight is 175 g/mol. The Bertz CT molecular complexity index is 111. The van der Waals surface area contributed by atoms with Gasteiger partial charge in [0.2, 0.25) is 0 Å². The van der Waals surface area contributed by atoms with Gasteiger partial charge in [-0.05, 0) is 31.6 Å². The van der Waals surface area contributed by atoms with Gasteiger partial charge in [-0.15, -0.1) is 4.48 Å². The molecule has 0 fully saturated rings. The van der Waals surface area contributed by atoms with Crippen molar-refractivity contribution in [3.63, 3.8) is 0 Å². The second-order valence-electron chi connectivity index (χ2n) is 4.85. The van der Waals surface area contributed by atoms with Crippen LogP contribution in [0.25, 0.3) is 0 Å². The fraction of sp³-hybridized carbons (Fsp3) is 1.00. The molecule has 0 aliphatic rings. The van der Waals surface area contributed by atoms with Gasteiger partial charge in [-0.1, -0.05) is 27.7 Å². The third kappa shape index (κ3) is 4.70. The molecule has 0 heterocycles. The fourth-order valence-corrected chi connectivity index (χ4v) is 1.96. The van der Waals surface area contributed by atoms with E-state index in [1.165, 1.54) is 0 Å². The third-order valence-electron chi connectivity index (χ3n) is 1.95. The van der Waals surface area contributed by atoms with Crippen LogP contribution in [-0.4, -0.2) is 5.54 Å². The zero-order valence-electron chi connectivity index (χ0n) is 8.95. The monoisotopic (exact) mass is 175 g/mol. The summed E-state index contributed by atoms with van der Waals surface area (Å²) >= 11 is 0. The summed E-state index contributed by atoms with van der Waals surface area (Å²) in [4.78, 5) is 0. The zero-order chi connectivity index (χ0) is 9.78. The predicted octanol–water partition coefficient (Wildman–Crippen LogP) is 3.31. The Hall–Kier alpha value is -0.110. The highest BCUT2D eigenvalue weighted by Gasteiger charge is 2.26. The summed E-state index contributed by atoms with van der Waals surface area (Å²) in [5.74, 6) is 1.08. The van der Waals surface area contributed by atoms with E-state index >= 15 is 0 Å². The van der Waals surface area contributed by atoms with Gasteiger partial charge in [-0.3, -0.25) is 0 Å². The van der Waals surface area contributed by atoms with Gasteiger partial charge in [0, 0.05) is 5.54 Å². The van der Waals surface area contributed by atoms with E-state index in [4.69, 9.17) is 0 Å². The highest BCUT2D eigenvalue weighted by atomic mass is 19.2. The maximum Gasteiger partial charge on any atom is 0.0458 e. The van der Waals surface area contributed by atoms with E-state index < -0.39 is 0 Å². The van der Waals surface area contributed by atoms with Crippen molar-refractivity contribution in [3.05, 3.63) is 0 Å². The number of halogens is 1. The molecule has 0 aromatic carbocycles. The molecule has 0 aliphatic heterocycles. The molecule has 1 N–H and O–H groups in total. The highest BCUT2D eigenvalue weighted by Crippen LogP contribution is 2.24. The minimum atomic E-state index is -0.331. The summed E-state index contributed by atoms with van der Waals surface area (Å²) in [7, 11) is 0. The Morgan fingerprint density at radius 2 is 1.42 bits per heavy atom. The summed E-state index contributed by atoms with van der Waals surface area (Å²) in [6.07, 6.45) is 1.78. The Morgan fingerprint density at radius 3 is 1.58 bits per heavy atom. The maximum absolute atomic E-state index is 12.5. The molecule has 0 aliphatic carbocycles. The lowest BCUT2D eigenvalue weighted by Gasteiger charge is -2.30. The molecular weight excluding hydrogens is 153 g/mol. The van der Waals surface area contributed by atoms with Gasteiger partial charge in [0.15, 0.2) is 0 Å². The lowest BCUT2D eigenvalue weighted by Crippen LogP contribution is -2.39. The second-order valence-corrected chi connectivity index (χ2v) is 4.85. The predicted molar refractivity (Wildman–Crippen MR) is 51.6 cm³/mol. The van der Waals surface area contributed by atoms with Crippen molar-refractivity contribution in [2.75, 3.05) is 0 Å². The van der Waals surface area contributed by atoms with Crippen LogP contribution in [0.1, 0.15) is 47.5 Å². The van der Waals surface area contributed by atoms with Crippen LogP contribution >= 0.6 is 0 Å². The fourth-order valence-electron chi connectivity index (χ4n) is 1.96. The van der Waals surface area contributed by atoms with E-state index in [1.54, 1.807) is 0 Å². The number of rotatable bonds is 5. The molecule has 1 nitrogen and oxygen atoms in total. The molecule has 0 rings (SSSR count). The summed E-state index contributed by atoms with van der Waals surface area (Å²) in [5.41, 5.74) is 1.61. The zero-order valence-corrected chi connectivity index (χ0v) is 8.95. The lowest BCUT2D eigenvalue weighted by atomic mass is 9.84. The molecule has 0 bridgehead atoms. The van der Waals surface area contributed by atoms with E-state index in [-0.39, 0.29) is 5.54 Å². The van der Waals surface area contributed by atoms with Gasteiger partial charge in [0.1, 0.15) is 0 Å². The van der Waals surface area contributed by atoms with Crippen molar-refractivity contribution in [2.45, 2.75) is 53.0 Å². The van der Waals surface area contributed by atoms with Crippen LogP contribution in [-0.2, 0) is 0 Å². The van der Waals surface area contributed by atoms with E-state index in [2.05, 4.69) is 27.7 Å². The summed E-state index contributed by atoms with van der Waals surface area (Å²) in [6.45, 7) is 10.4. The molecule has 0 atom stereocenters. The van der Waals surface area contributed by atoms with Crippen LogP contribution in [0.2, 0.25) is 0 Å². The van der Waals surface area contributed by atoms with E-state index in [9.17, 15) is 4.48 Å². The Kier molecular flexibility index (Phi) is 4.76. The topological polar surface area (TPSA) is 12.0 Å². The van der Waals surface area contributed by atoms with Crippen molar-refractivity contribution in [2.24, 2.45) is 11.8 Å². The van der Waals surface area contributed by atoms with Crippen LogP contribution in [0.15, 0.2) is 0 Å². The molecule has 0 spiro atoms. The maximum atomic E-state index is 12.5. The SMILES string of the molecule is CC(C)CC(C)(CC(C)C)NF. The van der Waals surface area contributed by atoms with Gasteiger partial charge < -0.3 is 0 Å². The molecule has 0 saturated carbocycles. The van der Waals surface area contributed by atoms with Crippen molar-refractivity contribution >= 4 is 0 Å². The molecule has 0 radical (unpaired) electrons. The summed E-state index contributed by atoms with van der Waals surface area (Å²) in [5, 5.41) is 0. The Labute approximate surface area is 75.7 Å². The smallest absolute Gasteiger partial charge is 0.0458 e. The van der Waals surface area contributed by atoms with Crippen molar-refractivity contribution < 1.29 is 4.48 Å². The van der Waals surface area contributed by atoms with Gasteiger partial charge >= 0.3 is 0 Å². The van der Waals surface area contributed by atoms with Gasteiger partial charge in [0.25, 0.3) is 0 Å². The molecular formula is C10H22FN. The van der Waals surface area contributed by atoms with Crippen molar-refractivity contribution in [1.29, 1.82) is 0 Å². The molecule has 0 amide bonds. The first-order chi connectivity index (χ1) is 5.39. The minimum Gasteiger partial charge on any atom is -0.153 e. The molecule has 2 heteroatoms. The molecule has 12 heavy (non-hydrogen) atoms. The molecule has 0 aromatic rings. The van der Waals surface area contributed by atoms with Crippen LogP contribution in [0.5, 0.6) is 0 Å². The van der Waals surface area contributed by atoms with Crippen LogP contribution < -0.4 is 5.54 Å². The van der Waals surface area contributed by atoms with Gasteiger partial charge in [-0.2, -0.15) is 5.54 Å². The second kappa shape index (κ2) is 4.80. The number of nitrogens with one attached hydrogen (secondary N) is 1. The van der Waals surface area contributed by atoms with E-state index in [0.29, 0.717) is 11.8 Å². The minimum absolute atomic E-state index is 0.331.